The van der Waals surface area contributed by atoms with Gasteiger partial charge in [0.2, 0.25) is 0 Å². The van der Waals surface area contributed by atoms with Gasteiger partial charge in [0, 0.05) is 44.7 Å². The van der Waals surface area contributed by atoms with Crippen LogP contribution in [0.1, 0.15) is 10.5 Å². The monoisotopic (exact) mass is 354 g/mol. The molecule has 0 unspecified atom stereocenters. The lowest BCUT2D eigenvalue weighted by Crippen LogP contribution is -2.50. The van der Waals surface area contributed by atoms with Gasteiger partial charge in [0.1, 0.15) is 5.82 Å². The molecule has 0 spiro atoms. The lowest BCUT2D eigenvalue weighted by atomic mass is 10.2. The van der Waals surface area contributed by atoms with Crippen LogP contribution in [0.2, 0.25) is 0 Å². The predicted molar refractivity (Wildman–Crippen MR) is 96.5 cm³/mol. The molecule has 1 fully saturated rings. The molecular weight excluding hydrogens is 336 g/mol. The molecule has 3 heterocycles. The molecule has 1 saturated heterocycles. The van der Waals surface area contributed by atoms with Crippen LogP contribution in [-0.4, -0.2) is 56.7 Å². The average molecular weight is 354 g/mol. The Balaban J connectivity index is 1.51. The molecule has 4 rings (SSSR count). The van der Waals surface area contributed by atoms with Crippen molar-refractivity contribution < 1.29 is 4.79 Å². The number of carbonyl (C=O) groups is 1. The van der Waals surface area contributed by atoms with Crippen molar-refractivity contribution in [2.45, 2.75) is 0 Å². The third-order valence-electron chi connectivity index (χ3n) is 4.71. The normalized spacial score (nSPS) is 14.8. The predicted octanol–water partition coefficient (Wildman–Crippen LogP) is -0.0877. The zero-order valence-electron chi connectivity index (χ0n) is 14.2. The van der Waals surface area contributed by atoms with Crippen molar-refractivity contribution in [2.24, 2.45) is 7.05 Å². The first kappa shape index (κ1) is 16.1. The summed E-state index contributed by atoms with van der Waals surface area (Å²) in [7, 11) is 1.43. The van der Waals surface area contributed by atoms with Crippen LogP contribution in [0.5, 0.6) is 0 Å². The molecule has 2 N–H and O–H groups in total. The van der Waals surface area contributed by atoms with E-state index in [0.29, 0.717) is 37.7 Å². The van der Waals surface area contributed by atoms with E-state index in [-0.39, 0.29) is 11.5 Å². The number of nitrogens with one attached hydrogen (secondary N) is 2. The van der Waals surface area contributed by atoms with Crippen LogP contribution in [0.25, 0.3) is 10.9 Å². The Morgan fingerprint density at radius 3 is 2.58 bits per heavy atom. The molecule has 134 valence electrons. The lowest BCUT2D eigenvalue weighted by Gasteiger charge is -2.35. The van der Waals surface area contributed by atoms with Gasteiger partial charge in [-0.2, -0.15) is 5.10 Å². The highest BCUT2D eigenvalue weighted by Gasteiger charge is 2.25. The Morgan fingerprint density at radius 2 is 1.85 bits per heavy atom. The second-order valence-electron chi connectivity index (χ2n) is 6.25. The number of nitrogens with zero attached hydrogens (tertiary/aromatic N) is 4. The number of para-hydroxylation sites is 1. The van der Waals surface area contributed by atoms with Gasteiger partial charge in [-0.3, -0.25) is 24.2 Å². The smallest absolute Gasteiger partial charge is 0.329 e. The van der Waals surface area contributed by atoms with Crippen LogP contribution in [-0.2, 0) is 7.05 Å². The van der Waals surface area contributed by atoms with Gasteiger partial charge in [0.25, 0.3) is 11.5 Å². The maximum Gasteiger partial charge on any atom is 0.329 e. The summed E-state index contributed by atoms with van der Waals surface area (Å²) in [5.41, 5.74) is 0.433. The third kappa shape index (κ3) is 2.67. The minimum absolute atomic E-state index is 0.125. The van der Waals surface area contributed by atoms with Crippen molar-refractivity contribution in [3.05, 3.63) is 56.9 Å². The highest BCUT2D eigenvalue weighted by atomic mass is 16.2. The first-order valence-electron chi connectivity index (χ1n) is 8.32. The SMILES string of the molecule is Cn1c(=O)cc(N2CCN(C(=O)c3n[nH]c4ccccc34)CC2)[nH]c1=O. The molecule has 9 heteroatoms. The highest BCUT2D eigenvalue weighted by molar-refractivity contribution is 6.04. The van der Waals surface area contributed by atoms with Crippen molar-refractivity contribution in [2.75, 3.05) is 31.1 Å². The number of carbonyl (C=O) groups excluding carboxylic acids is 1. The fourth-order valence-corrected chi connectivity index (χ4v) is 3.14. The summed E-state index contributed by atoms with van der Waals surface area (Å²) in [5, 5.41) is 7.84. The number of amides is 1. The number of rotatable bonds is 2. The molecule has 26 heavy (non-hydrogen) atoms. The number of piperazine rings is 1. The van der Waals surface area contributed by atoms with E-state index in [0.717, 1.165) is 15.5 Å². The summed E-state index contributed by atoms with van der Waals surface area (Å²) in [6.45, 7) is 2.02. The molecule has 0 aliphatic carbocycles. The van der Waals surface area contributed by atoms with E-state index in [2.05, 4.69) is 15.2 Å². The Labute approximate surface area is 147 Å². The average Bonchev–Trinajstić information content (AvgIpc) is 3.09. The van der Waals surface area contributed by atoms with Gasteiger partial charge in [0.05, 0.1) is 5.52 Å². The Kier molecular flexibility index (Phi) is 3.83. The van der Waals surface area contributed by atoms with Gasteiger partial charge < -0.3 is 9.80 Å². The summed E-state index contributed by atoms with van der Waals surface area (Å²) in [6.07, 6.45) is 0. The molecule has 0 saturated carbocycles. The maximum absolute atomic E-state index is 12.8. The molecule has 1 aromatic carbocycles. The zero-order valence-corrected chi connectivity index (χ0v) is 14.2. The number of aromatic nitrogens is 4. The van der Waals surface area contributed by atoms with Gasteiger partial charge in [-0.15, -0.1) is 0 Å². The number of anilines is 1. The minimum atomic E-state index is -0.450. The fraction of sp³-hybridized carbons (Fsp3) is 0.294. The van der Waals surface area contributed by atoms with Gasteiger partial charge in [-0.1, -0.05) is 18.2 Å². The van der Waals surface area contributed by atoms with Crippen molar-refractivity contribution in [1.82, 2.24) is 24.6 Å². The van der Waals surface area contributed by atoms with Gasteiger partial charge in [0.15, 0.2) is 5.69 Å². The Hall–Kier alpha value is -3.36. The van der Waals surface area contributed by atoms with Crippen LogP contribution in [0.3, 0.4) is 0 Å². The molecule has 1 amide bonds. The lowest BCUT2D eigenvalue weighted by molar-refractivity contribution is 0.0742. The van der Waals surface area contributed by atoms with E-state index in [9.17, 15) is 14.4 Å². The summed E-state index contributed by atoms with van der Waals surface area (Å²) in [6, 6.07) is 8.91. The van der Waals surface area contributed by atoms with Crippen LogP contribution in [0.4, 0.5) is 5.82 Å². The maximum atomic E-state index is 12.8. The van der Waals surface area contributed by atoms with Crippen molar-refractivity contribution in [3.63, 3.8) is 0 Å². The fourth-order valence-electron chi connectivity index (χ4n) is 3.14. The Morgan fingerprint density at radius 1 is 1.12 bits per heavy atom. The molecule has 0 bridgehead atoms. The van der Waals surface area contributed by atoms with Crippen LogP contribution < -0.4 is 16.1 Å². The highest BCUT2D eigenvalue weighted by Crippen LogP contribution is 2.18. The summed E-state index contributed by atoms with van der Waals surface area (Å²) in [4.78, 5) is 42.7. The second-order valence-corrected chi connectivity index (χ2v) is 6.25. The molecule has 3 aromatic rings. The second kappa shape index (κ2) is 6.17. The van der Waals surface area contributed by atoms with E-state index in [1.165, 1.54) is 13.1 Å². The molecule has 9 nitrogen and oxygen atoms in total. The van der Waals surface area contributed by atoms with Crippen molar-refractivity contribution >= 4 is 22.6 Å². The molecule has 1 aliphatic heterocycles. The van der Waals surface area contributed by atoms with Crippen LogP contribution >= 0.6 is 0 Å². The summed E-state index contributed by atoms with van der Waals surface area (Å²) < 4.78 is 1.02. The van der Waals surface area contributed by atoms with Gasteiger partial charge in [-0.25, -0.2) is 4.79 Å². The van der Waals surface area contributed by atoms with Gasteiger partial charge >= 0.3 is 5.69 Å². The first-order valence-corrected chi connectivity index (χ1v) is 8.32. The molecule has 2 aromatic heterocycles. The third-order valence-corrected chi connectivity index (χ3v) is 4.71. The number of hydrogen-bond acceptors (Lipinski definition) is 5. The number of aromatic amines is 2. The van der Waals surface area contributed by atoms with E-state index in [4.69, 9.17) is 0 Å². The summed E-state index contributed by atoms with van der Waals surface area (Å²) >= 11 is 0. The van der Waals surface area contributed by atoms with E-state index in [1.54, 1.807) is 4.90 Å². The Bertz CT molecular complexity index is 1060. The number of fused-ring (bicyclic) bond motifs is 1. The summed E-state index contributed by atoms with van der Waals surface area (Å²) in [5.74, 6) is 0.356. The molecular formula is C17H18N6O3. The zero-order chi connectivity index (χ0) is 18.3. The first-order chi connectivity index (χ1) is 12.5. The van der Waals surface area contributed by atoms with Crippen LogP contribution in [0, 0.1) is 0 Å². The van der Waals surface area contributed by atoms with E-state index in [1.807, 2.05) is 29.2 Å². The van der Waals surface area contributed by atoms with E-state index >= 15 is 0 Å². The largest absolute Gasteiger partial charge is 0.354 e. The molecule has 0 radical (unpaired) electrons. The van der Waals surface area contributed by atoms with Crippen molar-refractivity contribution in [3.8, 4) is 0 Å². The van der Waals surface area contributed by atoms with Crippen LogP contribution in [0.15, 0.2) is 39.9 Å². The standard InChI is InChI=1S/C17H18N6O3/c1-21-14(24)10-13(18-17(21)26)22-6-8-23(9-7-22)16(25)15-11-4-2-3-5-12(11)19-20-15/h2-5,10H,6-9H2,1H3,(H,18,26)(H,19,20). The van der Waals surface area contributed by atoms with Crippen molar-refractivity contribution in [1.29, 1.82) is 0 Å². The topological polar surface area (TPSA) is 107 Å². The number of hydrogen-bond donors (Lipinski definition) is 2. The number of H-pyrrole nitrogens is 2. The minimum Gasteiger partial charge on any atom is -0.354 e. The molecule has 0 atom stereocenters. The van der Waals surface area contributed by atoms with E-state index < -0.39 is 5.69 Å². The molecule has 1 aliphatic rings. The number of benzene rings is 1. The van der Waals surface area contributed by atoms with Gasteiger partial charge in [-0.05, 0) is 6.07 Å². The quantitative estimate of drug-likeness (QED) is 0.669.